The second-order valence-electron chi connectivity index (χ2n) is 2.91. The number of thiocarbonyl (C=S) groups is 1. The molecule has 3 N–H and O–H groups in total. The van der Waals surface area contributed by atoms with Gasteiger partial charge < -0.3 is 11.1 Å². The second-order valence-corrected chi connectivity index (χ2v) is 3.35. The van der Waals surface area contributed by atoms with Gasteiger partial charge in [-0.25, -0.2) is 0 Å². The van der Waals surface area contributed by atoms with Crippen LogP contribution in [0.5, 0.6) is 0 Å². The number of unbranched alkanes of at least 4 members (excludes halogenated alkanes) is 2. The van der Waals surface area contributed by atoms with Gasteiger partial charge in [0.2, 0.25) is 0 Å². The molecule has 0 heterocycles. The van der Waals surface area contributed by atoms with E-state index in [4.69, 9.17) is 18.0 Å². The van der Waals surface area contributed by atoms with Crippen molar-refractivity contribution in [3.05, 3.63) is 0 Å². The molecule has 0 saturated carbocycles. The Morgan fingerprint density at radius 1 is 1.55 bits per heavy atom. The van der Waals surface area contributed by atoms with E-state index in [0.717, 1.165) is 6.42 Å². The van der Waals surface area contributed by atoms with Crippen LogP contribution in [-0.4, -0.2) is 11.2 Å². The first-order chi connectivity index (χ1) is 5.16. The fourth-order valence-corrected chi connectivity index (χ4v) is 1.22. The Bertz CT molecular complexity index is 115. The predicted molar refractivity (Wildman–Crippen MR) is 53.5 cm³/mol. The summed E-state index contributed by atoms with van der Waals surface area (Å²) in [5.74, 6) is 0. The van der Waals surface area contributed by atoms with Crippen molar-refractivity contribution in [1.82, 2.24) is 5.32 Å². The van der Waals surface area contributed by atoms with Crippen molar-refractivity contribution in [1.29, 1.82) is 0 Å². The zero-order valence-electron chi connectivity index (χ0n) is 7.39. The van der Waals surface area contributed by atoms with Gasteiger partial charge in [0, 0.05) is 6.04 Å². The van der Waals surface area contributed by atoms with Gasteiger partial charge in [-0.3, -0.25) is 0 Å². The van der Waals surface area contributed by atoms with Gasteiger partial charge in [-0.1, -0.05) is 26.2 Å². The van der Waals surface area contributed by atoms with E-state index in [2.05, 4.69) is 19.2 Å². The van der Waals surface area contributed by atoms with Crippen molar-refractivity contribution in [3.8, 4) is 0 Å². The number of nitrogens with one attached hydrogen (secondary N) is 1. The average molecular weight is 174 g/mol. The van der Waals surface area contributed by atoms with Crippen LogP contribution in [0, 0.1) is 0 Å². The Morgan fingerprint density at radius 2 is 2.18 bits per heavy atom. The first-order valence-electron chi connectivity index (χ1n) is 4.22. The summed E-state index contributed by atoms with van der Waals surface area (Å²) in [6, 6.07) is 0.430. The zero-order chi connectivity index (χ0) is 8.69. The van der Waals surface area contributed by atoms with Crippen molar-refractivity contribution in [2.24, 2.45) is 5.73 Å². The molecule has 0 radical (unpaired) electrons. The van der Waals surface area contributed by atoms with E-state index >= 15 is 0 Å². The van der Waals surface area contributed by atoms with Crippen LogP contribution < -0.4 is 11.1 Å². The summed E-state index contributed by atoms with van der Waals surface area (Å²) < 4.78 is 0. The lowest BCUT2D eigenvalue weighted by Crippen LogP contribution is -2.36. The van der Waals surface area contributed by atoms with Crippen molar-refractivity contribution in [2.45, 2.75) is 45.6 Å². The normalized spacial score (nSPS) is 12.5. The van der Waals surface area contributed by atoms with Crippen molar-refractivity contribution < 1.29 is 0 Å². The van der Waals surface area contributed by atoms with Crippen molar-refractivity contribution >= 4 is 17.3 Å². The molecule has 0 fully saturated rings. The molecule has 0 aliphatic rings. The van der Waals surface area contributed by atoms with Gasteiger partial charge in [0.1, 0.15) is 0 Å². The number of rotatable bonds is 5. The molecule has 2 nitrogen and oxygen atoms in total. The summed E-state index contributed by atoms with van der Waals surface area (Å²) in [5, 5.41) is 3.42. The highest BCUT2D eigenvalue weighted by atomic mass is 32.1. The third-order valence-corrected chi connectivity index (χ3v) is 1.75. The van der Waals surface area contributed by atoms with Crippen molar-refractivity contribution in [2.75, 3.05) is 0 Å². The summed E-state index contributed by atoms with van der Waals surface area (Å²) in [7, 11) is 0. The average Bonchev–Trinajstić information content (AvgIpc) is 1.86. The molecular formula is C8H18N2S. The van der Waals surface area contributed by atoms with E-state index in [-0.39, 0.29) is 0 Å². The maximum atomic E-state index is 5.32. The van der Waals surface area contributed by atoms with Crippen LogP contribution in [0.15, 0.2) is 0 Å². The highest BCUT2D eigenvalue weighted by Crippen LogP contribution is 2.02. The molecule has 0 aliphatic heterocycles. The third kappa shape index (κ3) is 7.59. The van der Waals surface area contributed by atoms with Gasteiger partial charge in [-0.15, -0.1) is 0 Å². The van der Waals surface area contributed by atoms with Gasteiger partial charge in [-0.2, -0.15) is 0 Å². The molecule has 66 valence electrons. The van der Waals surface area contributed by atoms with Crippen LogP contribution in [0.25, 0.3) is 0 Å². The summed E-state index contributed by atoms with van der Waals surface area (Å²) in [4.78, 5) is 0. The Kier molecular flexibility index (Phi) is 6.22. The van der Waals surface area contributed by atoms with E-state index in [1.165, 1.54) is 19.3 Å². The lowest BCUT2D eigenvalue weighted by atomic mass is 10.1. The first-order valence-corrected chi connectivity index (χ1v) is 4.63. The molecule has 0 bridgehead atoms. The molecule has 1 unspecified atom stereocenters. The number of hydrogen-bond acceptors (Lipinski definition) is 1. The third-order valence-electron chi connectivity index (χ3n) is 1.63. The predicted octanol–water partition coefficient (Wildman–Crippen LogP) is 1.79. The summed E-state index contributed by atoms with van der Waals surface area (Å²) in [6.07, 6.45) is 4.97. The minimum atomic E-state index is 0.411. The van der Waals surface area contributed by atoms with Gasteiger partial charge in [0.15, 0.2) is 5.11 Å². The molecule has 11 heavy (non-hydrogen) atoms. The lowest BCUT2D eigenvalue weighted by Gasteiger charge is -2.12. The molecule has 1 atom stereocenters. The van der Waals surface area contributed by atoms with Crippen LogP contribution in [0.4, 0.5) is 0 Å². The first kappa shape index (κ1) is 10.7. The highest BCUT2D eigenvalue weighted by Gasteiger charge is 1.99. The van der Waals surface area contributed by atoms with Gasteiger partial charge in [-0.05, 0) is 25.6 Å². The Labute approximate surface area is 74.5 Å². The van der Waals surface area contributed by atoms with Crippen LogP contribution in [0.1, 0.15) is 39.5 Å². The maximum absolute atomic E-state index is 5.32. The van der Waals surface area contributed by atoms with Gasteiger partial charge in [0.05, 0.1) is 0 Å². The largest absolute Gasteiger partial charge is 0.376 e. The molecule has 0 aliphatic carbocycles. The fraction of sp³-hybridized carbons (Fsp3) is 0.875. The molecule has 3 heteroatoms. The second kappa shape index (κ2) is 6.40. The Balaban J connectivity index is 3.22. The van der Waals surface area contributed by atoms with E-state index in [0.29, 0.717) is 11.2 Å². The van der Waals surface area contributed by atoms with Gasteiger partial charge >= 0.3 is 0 Å². The monoisotopic (exact) mass is 174 g/mol. The van der Waals surface area contributed by atoms with Gasteiger partial charge in [0.25, 0.3) is 0 Å². The molecule has 0 amide bonds. The minimum Gasteiger partial charge on any atom is -0.376 e. The molecule has 0 aromatic carbocycles. The Hall–Kier alpha value is -0.310. The van der Waals surface area contributed by atoms with E-state index < -0.39 is 0 Å². The minimum absolute atomic E-state index is 0.411. The molecule has 0 aromatic heterocycles. The molecule has 0 spiro atoms. The number of nitrogens with two attached hydrogens (primary N) is 1. The Morgan fingerprint density at radius 3 is 2.64 bits per heavy atom. The molecule has 0 rings (SSSR count). The van der Waals surface area contributed by atoms with Crippen LogP contribution in [-0.2, 0) is 0 Å². The molecule has 0 aromatic rings. The zero-order valence-corrected chi connectivity index (χ0v) is 8.21. The summed E-state index contributed by atoms with van der Waals surface area (Å²) in [6.45, 7) is 4.31. The molecular weight excluding hydrogens is 156 g/mol. The van der Waals surface area contributed by atoms with E-state index in [9.17, 15) is 0 Å². The molecule has 0 saturated heterocycles. The fourth-order valence-electron chi connectivity index (χ4n) is 1.02. The van der Waals surface area contributed by atoms with E-state index in [1.807, 2.05) is 0 Å². The lowest BCUT2D eigenvalue weighted by molar-refractivity contribution is 0.555. The summed E-state index contributed by atoms with van der Waals surface area (Å²) >= 11 is 4.72. The highest BCUT2D eigenvalue weighted by molar-refractivity contribution is 7.80. The SMILES string of the molecule is CCCCCC(C)NC(N)=S. The number of hydrogen-bond donors (Lipinski definition) is 2. The quantitative estimate of drug-likeness (QED) is 0.493. The standard InChI is InChI=1S/C8H18N2S/c1-3-4-5-6-7(2)10-8(9)11/h7H,3-6H2,1-2H3,(H3,9,10,11). The maximum Gasteiger partial charge on any atom is 0.163 e. The van der Waals surface area contributed by atoms with Crippen LogP contribution >= 0.6 is 12.2 Å². The van der Waals surface area contributed by atoms with Crippen LogP contribution in [0.2, 0.25) is 0 Å². The topological polar surface area (TPSA) is 38.0 Å². The smallest absolute Gasteiger partial charge is 0.163 e. The van der Waals surface area contributed by atoms with Crippen LogP contribution in [0.3, 0.4) is 0 Å². The van der Waals surface area contributed by atoms with E-state index in [1.54, 1.807) is 0 Å². The van der Waals surface area contributed by atoms with Crippen molar-refractivity contribution in [3.63, 3.8) is 0 Å². The summed E-state index contributed by atoms with van der Waals surface area (Å²) in [5.41, 5.74) is 5.32.